The number of nitriles is 2. The minimum absolute atomic E-state index is 0.0935. The lowest BCUT2D eigenvalue weighted by Crippen LogP contribution is -2.39. The molecule has 0 aromatic heterocycles. The summed E-state index contributed by atoms with van der Waals surface area (Å²) in [7, 11) is -3.82. The third kappa shape index (κ3) is 5.99. The highest BCUT2D eigenvalue weighted by Crippen LogP contribution is 2.27. The number of carbonyl (C=O) groups is 1. The van der Waals surface area contributed by atoms with Crippen LogP contribution < -0.4 is 15.4 Å². The second-order valence-corrected chi connectivity index (χ2v) is 10.5. The Kier molecular flexibility index (Phi) is 7.74. The fourth-order valence-electron chi connectivity index (χ4n) is 3.34. The van der Waals surface area contributed by atoms with Gasteiger partial charge in [-0.05, 0) is 58.7 Å². The van der Waals surface area contributed by atoms with Crippen molar-refractivity contribution in [1.29, 1.82) is 10.5 Å². The van der Waals surface area contributed by atoms with Gasteiger partial charge in [-0.1, -0.05) is 22.0 Å². The lowest BCUT2D eigenvalue weighted by atomic mass is 10.2. The molecule has 0 bridgehead atoms. The van der Waals surface area contributed by atoms with E-state index in [0.29, 0.717) is 26.6 Å². The quantitative estimate of drug-likeness (QED) is 0.448. The van der Waals surface area contributed by atoms with Gasteiger partial charge in [0.05, 0.1) is 22.6 Å². The van der Waals surface area contributed by atoms with Crippen LogP contribution in [-0.2, 0) is 10.0 Å². The van der Waals surface area contributed by atoms with E-state index in [1.165, 1.54) is 11.0 Å². The van der Waals surface area contributed by atoms with E-state index in [1.807, 2.05) is 6.07 Å². The molecule has 0 unspecified atom stereocenters. The molecule has 2 atom stereocenters. The number of halogens is 2. The summed E-state index contributed by atoms with van der Waals surface area (Å²) in [6.07, 6.45) is 2.40. The molecule has 0 radical (unpaired) electrons. The minimum Gasteiger partial charge on any atom is -0.336 e. The van der Waals surface area contributed by atoms with Crippen LogP contribution in [0.5, 0.6) is 0 Å². The van der Waals surface area contributed by atoms with Crippen LogP contribution in [0.3, 0.4) is 0 Å². The SMILES string of the molecule is N#Cc1cccc(NC(=O)NC[C@H]2C[C@@H](NS(=O)(=O)c3cc(Br)ccc3Br)CN2C#N)c1. The fraction of sp³-hybridized carbons (Fsp3) is 0.250. The summed E-state index contributed by atoms with van der Waals surface area (Å²) in [5, 5.41) is 23.7. The van der Waals surface area contributed by atoms with Gasteiger partial charge in [-0.3, -0.25) is 0 Å². The number of likely N-dealkylation sites (tertiary alicyclic amines) is 1. The fourth-order valence-corrected chi connectivity index (χ4v) is 6.08. The van der Waals surface area contributed by atoms with E-state index < -0.39 is 22.1 Å². The molecule has 3 N–H and O–H groups in total. The van der Waals surface area contributed by atoms with Crippen LogP contribution in [0.1, 0.15) is 12.0 Å². The molecular weight excluding hydrogens is 564 g/mol. The molecule has 0 saturated carbocycles. The number of anilines is 1. The molecule has 2 amide bonds. The Morgan fingerprint density at radius 1 is 1.19 bits per heavy atom. The normalized spacial score (nSPS) is 17.9. The Bertz CT molecular complexity index is 1210. The number of hydrogen-bond acceptors (Lipinski definition) is 6. The molecule has 1 heterocycles. The van der Waals surface area contributed by atoms with Gasteiger partial charge < -0.3 is 15.5 Å². The number of nitrogens with one attached hydrogen (secondary N) is 3. The van der Waals surface area contributed by atoms with Crippen molar-refractivity contribution in [1.82, 2.24) is 14.9 Å². The number of sulfonamides is 1. The monoisotopic (exact) mass is 580 g/mol. The maximum Gasteiger partial charge on any atom is 0.319 e. The van der Waals surface area contributed by atoms with Crippen molar-refractivity contribution < 1.29 is 13.2 Å². The van der Waals surface area contributed by atoms with Crippen LogP contribution in [0, 0.1) is 22.8 Å². The first-order valence-corrected chi connectivity index (χ1v) is 12.5. The number of benzene rings is 2. The molecule has 32 heavy (non-hydrogen) atoms. The third-order valence-electron chi connectivity index (χ3n) is 4.80. The third-order valence-corrected chi connectivity index (χ3v) is 7.80. The largest absolute Gasteiger partial charge is 0.336 e. The number of nitrogens with zero attached hydrogens (tertiary/aromatic N) is 3. The number of urea groups is 1. The lowest BCUT2D eigenvalue weighted by Gasteiger charge is -2.18. The van der Waals surface area contributed by atoms with E-state index >= 15 is 0 Å². The molecule has 1 aliphatic heterocycles. The summed E-state index contributed by atoms with van der Waals surface area (Å²) >= 11 is 6.53. The Balaban J connectivity index is 1.59. The van der Waals surface area contributed by atoms with Crippen molar-refractivity contribution in [3.8, 4) is 12.3 Å². The first kappa shape index (κ1) is 24.0. The summed E-state index contributed by atoms with van der Waals surface area (Å²) in [6, 6.07) is 12.0. The maximum atomic E-state index is 12.8. The van der Waals surface area contributed by atoms with E-state index in [9.17, 15) is 18.5 Å². The Morgan fingerprint density at radius 3 is 2.69 bits per heavy atom. The predicted octanol–water partition coefficient (Wildman–Crippen LogP) is 3.11. The van der Waals surface area contributed by atoms with Gasteiger partial charge in [-0.25, -0.2) is 17.9 Å². The van der Waals surface area contributed by atoms with Crippen LogP contribution in [0.15, 0.2) is 56.3 Å². The molecule has 1 saturated heterocycles. The van der Waals surface area contributed by atoms with Crippen molar-refractivity contribution in [2.45, 2.75) is 23.4 Å². The van der Waals surface area contributed by atoms with E-state index in [0.717, 1.165) is 0 Å². The van der Waals surface area contributed by atoms with Crippen molar-refractivity contribution in [2.75, 3.05) is 18.4 Å². The number of carbonyl (C=O) groups excluding carboxylic acids is 1. The first-order chi connectivity index (χ1) is 15.2. The van der Waals surface area contributed by atoms with Gasteiger partial charge in [0, 0.05) is 33.8 Å². The summed E-state index contributed by atoms with van der Waals surface area (Å²) in [4.78, 5) is 13.7. The van der Waals surface area contributed by atoms with E-state index in [2.05, 4.69) is 53.4 Å². The standard InChI is InChI=1S/C20H18Br2N6O3S/c21-14-4-5-18(22)19(7-14)32(30,31)27-16-8-17(28(11-16)12-24)10-25-20(29)26-15-3-1-2-13(6-15)9-23/h1-7,16-17,27H,8,10-11H2,(H2,25,26,29)/t16-,17-/m1/s1. The van der Waals surface area contributed by atoms with Gasteiger partial charge in [0.25, 0.3) is 0 Å². The van der Waals surface area contributed by atoms with Gasteiger partial charge in [-0.2, -0.15) is 10.5 Å². The highest BCUT2D eigenvalue weighted by atomic mass is 79.9. The zero-order chi connectivity index (χ0) is 23.3. The number of hydrogen-bond donors (Lipinski definition) is 3. The molecule has 1 aliphatic rings. The molecule has 3 rings (SSSR count). The van der Waals surface area contributed by atoms with Crippen LogP contribution in [0.4, 0.5) is 10.5 Å². The maximum absolute atomic E-state index is 12.8. The average Bonchev–Trinajstić information content (AvgIpc) is 3.15. The Morgan fingerprint density at radius 2 is 1.97 bits per heavy atom. The van der Waals surface area contributed by atoms with Crippen molar-refractivity contribution in [2.24, 2.45) is 0 Å². The highest BCUT2D eigenvalue weighted by Gasteiger charge is 2.35. The molecular formula is C20H18Br2N6O3S. The second-order valence-electron chi connectivity index (χ2n) is 7.06. The number of amides is 2. The molecule has 0 spiro atoms. The molecule has 1 fully saturated rings. The number of rotatable bonds is 6. The van der Waals surface area contributed by atoms with Crippen molar-refractivity contribution in [3.63, 3.8) is 0 Å². The zero-order valence-electron chi connectivity index (χ0n) is 16.5. The van der Waals surface area contributed by atoms with Gasteiger partial charge in [0.2, 0.25) is 10.0 Å². The molecule has 2 aromatic carbocycles. The van der Waals surface area contributed by atoms with Gasteiger partial charge >= 0.3 is 6.03 Å². The molecule has 2 aromatic rings. The van der Waals surface area contributed by atoms with Gasteiger partial charge in [0.1, 0.15) is 0 Å². The molecule has 166 valence electrons. The van der Waals surface area contributed by atoms with Crippen LogP contribution in [-0.4, -0.2) is 44.5 Å². The van der Waals surface area contributed by atoms with Crippen LogP contribution in [0.2, 0.25) is 0 Å². The Hall–Kier alpha value is -2.64. The van der Waals surface area contributed by atoms with Gasteiger partial charge in [-0.15, -0.1) is 0 Å². The first-order valence-electron chi connectivity index (χ1n) is 9.40. The lowest BCUT2D eigenvalue weighted by molar-refractivity contribution is 0.248. The summed E-state index contributed by atoms with van der Waals surface area (Å²) in [5.74, 6) is 0. The highest BCUT2D eigenvalue weighted by molar-refractivity contribution is 9.11. The van der Waals surface area contributed by atoms with E-state index in [4.69, 9.17) is 5.26 Å². The predicted molar refractivity (Wildman–Crippen MR) is 125 cm³/mol. The second kappa shape index (κ2) is 10.3. The topological polar surface area (TPSA) is 138 Å². The molecule has 9 nitrogen and oxygen atoms in total. The van der Waals surface area contributed by atoms with E-state index in [-0.39, 0.29) is 24.0 Å². The summed E-state index contributed by atoms with van der Waals surface area (Å²) in [6.45, 7) is 0.343. The molecule has 0 aliphatic carbocycles. The van der Waals surface area contributed by atoms with Crippen molar-refractivity contribution >= 4 is 53.6 Å². The zero-order valence-corrected chi connectivity index (χ0v) is 20.5. The Labute approximate surface area is 202 Å². The van der Waals surface area contributed by atoms with Gasteiger partial charge in [0.15, 0.2) is 6.19 Å². The molecule has 12 heteroatoms. The minimum atomic E-state index is -3.82. The van der Waals surface area contributed by atoms with Crippen LogP contribution in [0.25, 0.3) is 0 Å². The smallest absolute Gasteiger partial charge is 0.319 e. The summed E-state index contributed by atoms with van der Waals surface area (Å²) in [5.41, 5.74) is 0.886. The summed E-state index contributed by atoms with van der Waals surface area (Å²) < 4.78 is 29.3. The average molecular weight is 582 g/mol. The van der Waals surface area contributed by atoms with Crippen LogP contribution >= 0.6 is 31.9 Å². The van der Waals surface area contributed by atoms with E-state index in [1.54, 1.807) is 36.4 Å². The van der Waals surface area contributed by atoms with Crippen molar-refractivity contribution in [3.05, 3.63) is 57.0 Å².